The fraction of sp³-hybridized carbons (Fsp3) is 0.129. The number of rotatable bonds is 1. The van der Waals surface area contributed by atoms with E-state index < -0.39 is 20.8 Å². The van der Waals surface area contributed by atoms with Gasteiger partial charge in [-0.2, -0.15) is 12.2 Å². The molecule has 6 heteroatoms. The predicted octanol–water partition coefficient (Wildman–Crippen LogP) is 3.95. The van der Waals surface area contributed by atoms with Crippen LogP contribution in [0.5, 0.6) is 0 Å². The van der Waals surface area contributed by atoms with Crippen LogP contribution < -0.4 is 24.8 Å². The quantitative estimate of drug-likeness (QED) is 0.391. The minimum absolute atomic E-state index is 0. The third-order valence-electron chi connectivity index (χ3n) is 5.24. The van der Waals surface area contributed by atoms with Crippen LogP contribution in [0.3, 0.4) is 0 Å². The third-order valence-corrected chi connectivity index (χ3v) is 5.24. The Labute approximate surface area is 276 Å². The summed E-state index contributed by atoms with van der Waals surface area (Å²) in [4.78, 5) is 0. The zero-order chi connectivity index (χ0) is 21.7. The third kappa shape index (κ3) is 14.1. The van der Waals surface area contributed by atoms with E-state index in [1.54, 1.807) is 0 Å². The van der Waals surface area contributed by atoms with Gasteiger partial charge in [0.2, 0.25) is 0 Å². The summed E-state index contributed by atoms with van der Waals surface area (Å²) in [6.45, 7) is 0. The molecule has 0 fully saturated rings. The molecule has 0 N–H and O–H groups in total. The standard InChI is InChI=1S/C18H14.2C5H5.3CH3.4ClH.2Zr/c1-3-7-15-13(5-1)9-11-17(15)18-12-10-14-6-2-4-8-16(14)18;2*1-2-4-5-3-1;;;;;;;;;/h1-12,17-18H;2*1-3H,4H2;3*1H3;4*1H;;/q;5*-1;;;;;2*+2/p-4. The summed E-state index contributed by atoms with van der Waals surface area (Å²) in [5.41, 5.74) is 5.67. The van der Waals surface area contributed by atoms with Crippen molar-refractivity contribution in [3.8, 4) is 0 Å². The maximum Gasteiger partial charge on any atom is 2.00 e. The van der Waals surface area contributed by atoms with Crippen LogP contribution in [-0.2, 0) is 47.1 Å². The maximum atomic E-state index is 4.93. The Balaban J connectivity index is -0.000000244. The van der Waals surface area contributed by atoms with Crippen molar-refractivity contribution in [2.75, 3.05) is 0 Å². The van der Waals surface area contributed by atoms with Gasteiger partial charge in [0.25, 0.3) is 0 Å². The van der Waals surface area contributed by atoms with Crippen molar-refractivity contribution < 1.29 is 71.9 Å². The first-order valence-electron chi connectivity index (χ1n) is 10.3. The zero-order valence-corrected chi connectivity index (χ0v) is 29.4. The Bertz CT molecular complexity index is 922. The zero-order valence-electron chi connectivity index (χ0n) is 21.5. The van der Waals surface area contributed by atoms with Crippen molar-refractivity contribution in [2.45, 2.75) is 24.7 Å². The molecular weight excluding hydrogens is 697 g/mol. The van der Waals surface area contributed by atoms with E-state index in [0.29, 0.717) is 11.8 Å². The van der Waals surface area contributed by atoms with Crippen LogP contribution in [-0.4, -0.2) is 0 Å². The topological polar surface area (TPSA) is 0 Å². The van der Waals surface area contributed by atoms with Crippen LogP contribution in [0.1, 0.15) is 46.9 Å². The summed E-state index contributed by atoms with van der Waals surface area (Å²) in [5.74, 6) is 1.00. The van der Waals surface area contributed by atoms with Gasteiger partial charge in [-0.1, -0.05) is 72.8 Å². The first-order valence-corrected chi connectivity index (χ1v) is 16.6. The van der Waals surface area contributed by atoms with Crippen LogP contribution in [0.15, 0.2) is 97.1 Å². The van der Waals surface area contributed by atoms with Crippen LogP contribution in [0, 0.1) is 34.4 Å². The summed E-state index contributed by atoms with van der Waals surface area (Å²) in [6, 6.07) is 17.4. The van der Waals surface area contributed by atoms with Crippen molar-refractivity contribution >= 4 is 29.2 Å². The van der Waals surface area contributed by atoms with Gasteiger partial charge in [-0.05, 0) is 22.3 Å². The second-order valence-electron chi connectivity index (χ2n) is 7.11. The Morgan fingerprint density at radius 3 is 1.27 bits per heavy atom. The van der Waals surface area contributed by atoms with Crippen molar-refractivity contribution in [3.63, 3.8) is 0 Å². The number of allylic oxidation sites excluding steroid dienone is 10. The summed E-state index contributed by atoms with van der Waals surface area (Å²) < 4.78 is 0. The molecule has 0 nitrogen and oxygen atoms in total. The Kier molecular flexibility index (Phi) is 30.9. The van der Waals surface area contributed by atoms with Gasteiger partial charge in [0.15, 0.2) is 0 Å². The van der Waals surface area contributed by atoms with Crippen molar-refractivity contribution in [2.24, 2.45) is 0 Å². The molecule has 2 unspecified atom stereocenters. The van der Waals surface area contributed by atoms with Crippen LogP contribution in [0.4, 0.5) is 0 Å². The summed E-state index contributed by atoms with van der Waals surface area (Å²) in [6.07, 6.45) is 29.2. The molecule has 0 saturated carbocycles. The van der Waals surface area contributed by atoms with Gasteiger partial charge in [-0.3, -0.25) is 12.2 Å². The molecular formula is C31H33Cl4Zr2-5. The fourth-order valence-corrected chi connectivity index (χ4v) is 3.86. The predicted molar refractivity (Wildman–Crippen MR) is 151 cm³/mol. The maximum absolute atomic E-state index is 4.93. The summed E-state index contributed by atoms with van der Waals surface area (Å²) >= 11 is -0.826. The van der Waals surface area contributed by atoms with Crippen LogP contribution >= 0.6 is 17.0 Å². The van der Waals surface area contributed by atoms with Gasteiger partial charge in [-0.25, -0.2) is 24.3 Å². The first kappa shape index (κ1) is 43.8. The van der Waals surface area contributed by atoms with Crippen molar-refractivity contribution in [1.82, 2.24) is 0 Å². The molecule has 4 aliphatic carbocycles. The molecule has 0 bridgehead atoms. The monoisotopic (exact) mass is 725 g/mol. The molecule has 0 aromatic heterocycles. The molecule has 0 amide bonds. The first-order chi connectivity index (χ1) is 15.3. The van der Waals surface area contributed by atoms with Gasteiger partial charge >= 0.3 is 64.1 Å². The Morgan fingerprint density at radius 2 is 1.00 bits per heavy atom. The number of benzene rings is 2. The number of hydrogen-bond donors (Lipinski definition) is 0. The van der Waals surface area contributed by atoms with E-state index in [1.165, 1.54) is 22.3 Å². The second-order valence-corrected chi connectivity index (χ2v) is 10.8. The van der Waals surface area contributed by atoms with Crippen LogP contribution in [0.2, 0.25) is 0 Å². The molecule has 0 aliphatic heterocycles. The molecule has 4 aliphatic rings. The van der Waals surface area contributed by atoms with Gasteiger partial charge in [0.1, 0.15) is 0 Å². The molecule has 0 heterocycles. The van der Waals surface area contributed by atoms with E-state index in [4.69, 9.17) is 17.0 Å². The number of fused-ring (bicyclic) bond motifs is 2. The van der Waals surface area contributed by atoms with E-state index >= 15 is 0 Å². The minimum Gasteiger partial charge on any atom is 2.00 e. The average Bonchev–Trinajstić information content (AvgIpc) is 3.62. The summed E-state index contributed by atoms with van der Waals surface area (Å²) in [5, 5.41) is 0. The Morgan fingerprint density at radius 1 is 0.649 bits per heavy atom. The fourth-order valence-electron chi connectivity index (χ4n) is 3.86. The molecule has 6 rings (SSSR count). The van der Waals surface area contributed by atoms with Gasteiger partial charge in [0.05, 0.1) is 0 Å². The molecule has 0 radical (unpaired) electrons. The molecule has 37 heavy (non-hydrogen) atoms. The average molecular weight is 730 g/mol. The van der Waals surface area contributed by atoms with E-state index in [0.717, 1.165) is 12.8 Å². The van der Waals surface area contributed by atoms with Crippen molar-refractivity contribution in [1.29, 1.82) is 0 Å². The van der Waals surface area contributed by atoms with E-state index in [-0.39, 0.29) is 73.3 Å². The molecule has 2 atom stereocenters. The molecule has 2 aromatic rings. The SMILES string of the molecule is C1=CC(C2C=Cc3ccccc32)c2ccccc21.[C-]1=CC=CC1.[C-]1=CC=CC1.[CH3-].[CH3-].[CH3-].[Cl-].[Cl-].[Cl][Zr][Cl].[Zr+2]. The van der Waals surface area contributed by atoms with Crippen LogP contribution in [0.25, 0.3) is 12.2 Å². The normalized spacial score (nSPS) is 16.4. The molecule has 198 valence electrons. The largest absolute Gasteiger partial charge is 2.00 e. The van der Waals surface area contributed by atoms with Crippen molar-refractivity contribution in [3.05, 3.63) is 154 Å². The minimum atomic E-state index is -0.826. The smallest absolute Gasteiger partial charge is 2.00 e. The van der Waals surface area contributed by atoms with Gasteiger partial charge < -0.3 is 47.1 Å². The molecule has 0 spiro atoms. The summed E-state index contributed by atoms with van der Waals surface area (Å²) in [7, 11) is 9.87. The van der Waals surface area contributed by atoms with E-state index in [9.17, 15) is 0 Å². The van der Waals surface area contributed by atoms with E-state index in [1.807, 2.05) is 24.3 Å². The van der Waals surface area contributed by atoms with E-state index in [2.05, 4.69) is 97.1 Å². The Hall–Kier alpha value is -0.194. The van der Waals surface area contributed by atoms with Gasteiger partial charge in [-0.15, -0.1) is 12.8 Å². The van der Waals surface area contributed by atoms with Gasteiger partial charge in [0, 0.05) is 11.8 Å². The molecule has 2 aromatic carbocycles. The number of halogens is 4. The second kappa shape index (κ2) is 26.1. The number of hydrogen-bond acceptors (Lipinski definition) is 0. The molecule has 0 saturated heterocycles.